The molecular formula is C26H32N4O4. The maximum atomic E-state index is 12.0. The summed E-state index contributed by atoms with van der Waals surface area (Å²) in [5, 5.41) is 0. The minimum absolute atomic E-state index is 0.128. The number of carbonyl (C=O) groups excluding carboxylic acids is 2. The van der Waals surface area contributed by atoms with Gasteiger partial charge >= 0.3 is 11.9 Å². The van der Waals surface area contributed by atoms with E-state index >= 15 is 0 Å². The molecule has 34 heavy (non-hydrogen) atoms. The van der Waals surface area contributed by atoms with Crippen LogP contribution in [0.3, 0.4) is 0 Å². The predicted octanol–water partition coefficient (Wildman–Crippen LogP) is 2.68. The summed E-state index contributed by atoms with van der Waals surface area (Å²) in [6.45, 7) is 8.26. The molecule has 0 aromatic carbocycles. The summed E-state index contributed by atoms with van der Waals surface area (Å²) in [6.07, 6.45) is 13.0. The van der Waals surface area contributed by atoms with E-state index in [9.17, 15) is 9.59 Å². The number of rotatable bonds is 10. The van der Waals surface area contributed by atoms with Crippen LogP contribution in [0.5, 0.6) is 0 Å². The molecule has 1 saturated heterocycles. The summed E-state index contributed by atoms with van der Waals surface area (Å²) >= 11 is 0. The van der Waals surface area contributed by atoms with Crippen LogP contribution in [0.1, 0.15) is 25.0 Å². The van der Waals surface area contributed by atoms with Gasteiger partial charge in [0.15, 0.2) is 0 Å². The van der Waals surface area contributed by atoms with Gasteiger partial charge in [-0.05, 0) is 49.3 Å². The van der Waals surface area contributed by atoms with E-state index < -0.39 is 0 Å². The Balaban J connectivity index is 1.32. The maximum absolute atomic E-state index is 12.0. The number of aromatic nitrogens is 2. The molecule has 8 nitrogen and oxygen atoms in total. The van der Waals surface area contributed by atoms with Gasteiger partial charge in [0.1, 0.15) is 13.2 Å². The zero-order valence-electron chi connectivity index (χ0n) is 19.7. The van der Waals surface area contributed by atoms with Crippen LogP contribution in [-0.2, 0) is 19.1 Å². The van der Waals surface area contributed by atoms with Gasteiger partial charge in [-0.25, -0.2) is 9.59 Å². The highest BCUT2D eigenvalue weighted by atomic mass is 16.5. The Labute approximate surface area is 200 Å². The van der Waals surface area contributed by atoms with Gasteiger partial charge < -0.3 is 9.47 Å². The Kier molecular flexibility index (Phi) is 9.94. The second-order valence-corrected chi connectivity index (χ2v) is 8.27. The van der Waals surface area contributed by atoms with Crippen molar-refractivity contribution in [3.8, 4) is 0 Å². The van der Waals surface area contributed by atoms with Crippen molar-refractivity contribution in [2.75, 3.05) is 39.4 Å². The summed E-state index contributed by atoms with van der Waals surface area (Å²) in [6, 6.07) is 7.64. The van der Waals surface area contributed by atoms with Gasteiger partial charge in [0.2, 0.25) is 0 Å². The molecule has 1 fully saturated rings. The summed E-state index contributed by atoms with van der Waals surface area (Å²) < 4.78 is 10.8. The number of hydrogen-bond acceptors (Lipinski definition) is 8. The number of piperazine rings is 1. The van der Waals surface area contributed by atoms with Crippen molar-refractivity contribution in [3.05, 3.63) is 72.3 Å². The molecule has 0 spiro atoms. The van der Waals surface area contributed by atoms with E-state index in [-0.39, 0.29) is 24.0 Å². The average Bonchev–Trinajstić information content (AvgIpc) is 2.89. The van der Waals surface area contributed by atoms with Gasteiger partial charge in [0.25, 0.3) is 0 Å². The standard InChI is InChI=1S/C26H32N4O4/c1-21(19-33-25(31)9-7-23-5-3-11-27-17-23)29-13-15-30(16-14-29)22(2)20-34-26(32)10-8-24-6-4-12-28-18-24/h3-12,17-18,21-22H,13-16,19-20H2,1-2H3/b9-7+,10-8+. The monoisotopic (exact) mass is 464 g/mol. The minimum Gasteiger partial charge on any atom is -0.461 e. The third-order valence-electron chi connectivity index (χ3n) is 5.72. The zero-order valence-corrected chi connectivity index (χ0v) is 19.7. The Bertz CT molecular complexity index is 878. The molecule has 2 aromatic rings. The first-order chi connectivity index (χ1) is 16.5. The van der Waals surface area contributed by atoms with Crippen LogP contribution in [-0.4, -0.2) is 83.2 Å². The molecule has 0 amide bonds. The number of esters is 2. The second-order valence-electron chi connectivity index (χ2n) is 8.27. The van der Waals surface area contributed by atoms with Crippen LogP contribution in [0.15, 0.2) is 61.2 Å². The lowest BCUT2D eigenvalue weighted by Crippen LogP contribution is -2.53. The summed E-state index contributed by atoms with van der Waals surface area (Å²) in [5.74, 6) is -0.718. The van der Waals surface area contributed by atoms with Gasteiger partial charge in [-0.2, -0.15) is 0 Å². The number of ether oxygens (including phenoxy) is 2. The molecule has 8 heteroatoms. The van der Waals surface area contributed by atoms with E-state index in [4.69, 9.17) is 9.47 Å². The number of nitrogens with zero attached hydrogens (tertiary/aromatic N) is 4. The molecule has 3 heterocycles. The molecule has 0 aliphatic carbocycles. The fraction of sp³-hybridized carbons (Fsp3) is 0.385. The Morgan fingerprint density at radius 3 is 1.59 bits per heavy atom. The van der Waals surface area contributed by atoms with Gasteiger partial charge in [0, 0.05) is 75.2 Å². The van der Waals surface area contributed by atoms with Crippen molar-refractivity contribution in [1.29, 1.82) is 0 Å². The highest BCUT2D eigenvalue weighted by molar-refractivity contribution is 5.87. The molecule has 0 bridgehead atoms. The topological polar surface area (TPSA) is 84.9 Å². The summed E-state index contributed by atoms with van der Waals surface area (Å²) in [5.41, 5.74) is 1.71. The molecule has 0 N–H and O–H groups in total. The third kappa shape index (κ3) is 8.53. The fourth-order valence-electron chi connectivity index (χ4n) is 3.61. The van der Waals surface area contributed by atoms with Crippen LogP contribution >= 0.6 is 0 Å². The summed E-state index contributed by atoms with van der Waals surface area (Å²) in [4.78, 5) is 36.6. The molecular weight excluding hydrogens is 432 g/mol. The Hall–Kier alpha value is -3.36. The predicted molar refractivity (Wildman–Crippen MR) is 131 cm³/mol. The molecule has 180 valence electrons. The molecule has 0 saturated carbocycles. The van der Waals surface area contributed by atoms with Crippen LogP contribution in [0.25, 0.3) is 12.2 Å². The normalized spacial score (nSPS) is 17.0. The Morgan fingerprint density at radius 2 is 1.24 bits per heavy atom. The first-order valence-electron chi connectivity index (χ1n) is 11.5. The SMILES string of the molecule is CC(COC(=O)/C=C/c1cccnc1)N1CCN(C(C)COC(=O)/C=C/c2cccnc2)CC1. The largest absolute Gasteiger partial charge is 0.461 e. The lowest BCUT2D eigenvalue weighted by Gasteiger charge is -2.40. The molecule has 2 unspecified atom stereocenters. The first kappa shape index (κ1) is 25.3. The van der Waals surface area contributed by atoms with E-state index in [2.05, 4.69) is 33.6 Å². The highest BCUT2D eigenvalue weighted by Gasteiger charge is 2.25. The van der Waals surface area contributed by atoms with Crippen LogP contribution in [0, 0.1) is 0 Å². The molecule has 3 rings (SSSR count). The van der Waals surface area contributed by atoms with Crippen molar-refractivity contribution < 1.29 is 19.1 Å². The molecule has 2 atom stereocenters. The van der Waals surface area contributed by atoms with Crippen LogP contribution < -0.4 is 0 Å². The van der Waals surface area contributed by atoms with E-state index in [1.165, 1.54) is 12.2 Å². The maximum Gasteiger partial charge on any atom is 0.330 e. The van der Waals surface area contributed by atoms with Gasteiger partial charge in [0.05, 0.1) is 0 Å². The summed E-state index contributed by atoms with van der Waals surface area (Å²) in [7, 11) is 0. The second kappa shape index (κ2) is 13.4. The van der Waals surface area contributed by atoms with E-state index in [0.717, 1.165) is 37.3 Å². The molecule has 1 aliphatic rings. The van der Waals surface area contributed by atoms with E-state index in [0.29, 0.717) is 13.2 Å². The zero-order chi connectivity index (χ0) is 24.2. The minimum atomic E-state index is -0.359. The van der Waals surface area contributed by atoms with Gasteiger partial charge in [-0.3, -0.25) is 19.8 Å². The lowest BCUT2D eigenvalue weighted by atomic mass is 10.2. The quantitative estimate of drug-likeness (QED) is 0.392. The molecule has 0 radical (unpaired) electrons. The smallest absolute Gasteiger partial charge is 0.330 e. The number of pyridine rings is 2. The van der Waals surface area contributed by atoms with E-state index in [1.54, 1.807) is 36.9 Å². The van der Waals surface area contributed by atoms with E-state index in [1.807, 2.05) is 24.3 Å². The van der Waals surface area contributed by atoms with Crippen LogP contribution in [0.2, 0.25) is 0 Å². The van der Waals surface area contributed by atoms with Crippen molar-refractivity contribution in [3.63, 3.8) is 0 Å². The van der Waals surface area contributed by atoms with Crippen molar-refractivity contribution in [2.24, 2.45) is 0 Å². The number of hydrogen-bond donors (Lipinski definition) is 0. The molecule has 1 aliphatic heterocycles. The average molecular weight is 465 g/mol. The Morgan fingerprint density at radius 1 is 0.824 bits per heavy atom. The van der Waals surface area contributed by atoms with Gasteiger partial charge in [-0.15, -0.1) is 0 Å². The van der Waals surface area contributed by atoms with Crippen molar-refractivity contribution in [1.82, 2.24) is 19.8 Å². The first-order valence-corrected chi connectivity index (χ1v) is 11.5. The fourth-order valence-corrected chi connectivity index (χ4v) is 3.61. The lowest BCUT2D eigenvalue weighted by molar-refractivity contribution is -0.141. The highest BCUT2D eigenvalue weighted by Crippen LogP contribution is 2.11. The van der Waals surface area contributed by atoms with Crippen molar-refractivity contribution in [2.45, 2.75) is 25.9 Å². The third-order valence-corrected chi connectivity index (χ3v) is 5.72. The number of carbonyl (C=O) groups is 2. The van der Waals surface area contributed by atoms with Crippen LogP contribution in [0.4, 0.5) is 0 Å². The molecule has 2 aromatic heterocycles. The van der Waals surface area contributed by atoms with Crippen molar-refractivity contribution >= 4 is 24.1 Å². The van der Waals surface area contributed by atoms with Gasteiger partial charge in [-0.1, -0.05) is 12.1 Å².